The van der Waals surface area contributed by atoms with Gasteiger partial charge < -0.3 is 5.11 Å². The smallest absolute Gasteiger partial charge is 0.229 e. The zero-order valence-electron chi connectivity index (χ0n) is 12.1. The monoisotopic (exact) mass is 281 g/mol. The Morgan fingerprint density at radius 2 is 1.95 bits per heavy atom. The molecule has 0 aromatic carbocycles. The molecule has 0 aromatic rings. The highest BCUT2D eigenvalue weighted by atomic mass is 16.3. The van der Waals surface area contributed by atoms with Gasteiger partial charge in [-0.2, -0.15) is 0 Å². The number of aliphatic hydroxyl groups is 1. The minimum atomic E-state index is -0.781. The number of hydrogen-bond acceptors (Lipinski definition) is 4. The van der Waals surface area contributed by atoms with Crippen molar-refractivity contribution in [2.45, 2.75) is 52.1 Å². The molecule has 0 spiro atoms. The molecule has 0 aromatic heterocycles. The van der Waals surface area contributed by atoms with E-state index in [2.05, 4.69) is 12.2 Å². The molecular formula is C15H23NO4. The first-order valence-electron chi connectivity index (χ1n) is 7.44. The minimum Gasteiger partial charge on any atom is -0.392 e. The Balaban J connectivity index is 1.97. The van der Waals surface area contributed by atoms with Crippen molar-refractivity contribution in [3.63, 3.8) is 0 Å². The third-order valence-electron chi connectivity index (χ3n) is 4.61. The van der Waals surface area contributed by atoms with Crippen LogP contribution in [0.25, 0.3) is 0 Å². The topological polar surface area (TPSA) is 83.5 Å². The van der Waals surface area contributed by atoms with E-state index >= 15 is 0 Å². The van der Waals surface area contributed by atoms with Gasteiger partial charge in [0.15, 0.2) is 0 Å². The summed E-state index contributed by atoms with van der Waals surface area (Å²) < 4.78 is 0. The lowest BCUT2D eigenvalue weighted by Gasteiger charge is -2.34. The Bertz CT molecular complexity index is 420. The Morgan fingerprint density at radius 1 is 1.25 bits per heavy atom. The molecule has 5 heteroatoms. The van der Waals surface area contributed by atoms with Crippen LogP contribution < -0.4 is 5.32 Å². The fraction of sp³-hybridized carbons (Fsp3) is 0.800. The molecule has 1 saturated carbocycles. The largest absolute Gasteiger partial charge is 0.392 e. The van der Waals surface area contributed by atoms with E-state index in [1.165, 1.54) is 0 Å². The number of nitrogens with one attached hydrogen (secondary N) is 1. The average Bonchev–Trinajstić information content (AvgIpc) is 2.37. The van der Waals surface area contributed by atoms with Crippen molar-refractivity contribution in [1.29, 1.82) is 0 Å². The Kier molecular flexibility index (Phi) is 4.58. The van der Waals surface area contributed by atoms with Crippen molar-refractivity contribution >= 4 is 17.6 Å². The van der Waals surface area contributed by atoms with Gasteiger partial charge in [0.05, 0.1) is 6.10 Å². The van der Waals surface area contributed by atoms with E-state index < -0.39 is 6.10 Å². The van der Waals surface area contributed by atoms with Gasteiger partial charge in [0.2, 0.25) is 11.8 Å². The number of aliphatic hydroxyl groups excluding tert-OH is 1. The van der Waals surface area contributed by atoms with Gasteiger partial charge >= 0.3 is 0 Å². The molecule has 0 bridgehead atoms. The van der Waals surface area contributed by atoms with Crippen molar-refractivity contribution in [2.24, 2.45) is 23.7 Å². The molecule has 2 N–H and O–H groups in total. The number of imide groups is 1. The summed E-state index contributed by atoms with van der Waals surface area (Å²) in [5.74, 6) is -0.768. The number of amides is 2. The summed E-state index contributed by atoms with van der Waals surface area (Å²) in [5.41, 5.74) is 0. The summed E-state index contributed by atoms with van der Waals surface area (Å²) in [6, 6.07) is 0. The highest BCUT2D eigenvalue weighted by Crippen LogP contribution is 2.34. The third kappa shape index (κ3) is 3.26. The Labute approximate surface area is 119 Å². The first-order chi connectivity index (χ1) is 9.38. The standard InChI is InChI=1S/C15H23NO4/c1-8-5-9(2)14(19)11(6-8)12(17)7-10-3-4-13(18)16-15(10)20/h8-12,17H,3-7H2,1-2H3,(H,16,18,20). The number of carbonyl (C=O) groups excluding carboxylic acids is 3. The normalized spacial score (nSPS) is 36.6. The van der Waals surface area contributed by atoms with Crippen LogP contribution in [0.15, 0.2) is 0 Å². The van der Waals surface area contributed by atoms with Gasteiger partial charge in [-0.1, -0.05) is 13.8 Å². The number of hydrogen-bond donors (Lipinski definition) is 2. The summed E-state index contributed by atoms with van der Waals surface area (Å²) in [6.45, 7) is 4.00. The summed E-state index contributed by atoms with van der Waals surface area (Å²) >= 11 is 0. The molecule has 2 aliphatic rings. The molecular weight excluding hydrogens is 258 g/mol. The van der Waals surface area contributed by atoms with Crippen LogP contribution in [0.1, 0.15) is 46.0 Å². The SMILES string of the molecule is CC1CC(C)C(=O)C(C(O)CC2CCC(=O)NC2=O)C1. The minimum absolute atomic E-state index is 0.0137. The zero-order valence-corrected chi connectivity index (χ0v) is 12.1. The Morgan fingerprint density at radius 3 is 2.60 bits per heavy atom. The van der Waals surface area contributed by atoms with E-state index in [1.807, 2.05) is 6.92 Å². The van der Waals surface area contributed by atoms with Crippen LogP contribution in [0.4, 0.5) is 0 Å². The molecule has 2 fully saturated rings. The number of Topliss-reactive ketones (excluding diaryl/α,β-unsaturated/α-hetero) is 1. The van der Waals surface area contributed by atoms with Crippen molar-refractivity contribution in [2.75, 3.05) is 0 Å². The fourth-order valence-electron chi connectivity index (χ4n) is 3.50. The van der Waals surface area contributed by atoms with Crippen LogP contribution in [-0.4, -0.2) is 28.8 Å². The van der Waals surface area contributed by atoms with E-state index in [0.29, 0.717) is 25.2 Å². The van der Waals surface area contributed by atoms with Crippen molar-refractivity contribution in [1.82, 2.24) is 5.32 Å². The molecule has 112 valence electrons. The molecule has 1 aliphatic heterocycles. The molecule has 1 saturated heterocycles. The molecule has 2 amide bonds. The van der Waals surface area contributed by atoms with E-state index in [1.54, 1.807) is 0 Å². The number of piperidine rings is 1. The van der Waals surface area contributed by atoms with Gasteiger partial charge in [0.1, 0.15) is 5.78 Å². The number of rotatable bonds is 3. The zero-order chi connectivity index (χ0) is 14.9. The predicted molar refractivity (Wildman–Crippen MR) is 72.6 cm³/mol. The van der Waals surface area contributed by atoms with Crippen molar-refractivity contribution < 1.29 is 19.5 Å². The van der Waals surface area contributed by atoms with Gasteiger partial charge in [-0.3, -0.25) is 19.7 Å². The summed E-state index contributed by atoms with van der Waals surface area (Å²) in [5, 5.41) is 12.6. The molecule has 20 heavy (non-hydrogen) atoms. The van der Waals surface area contributed by atoms with Gasteiger partial charge in [0.25, 0.3) is 0 Å². The molecule has 5 atom stereocenters. The molecule has 2 rings (SSSR count). The van der Waals surface area contributed by atoms with E-state index in [9.17, 15) is 19.5 Å². The van der Waals surface area contributed by atoms with Gasteiger partial charge in [-0.15, -0.1) is 0 Å². The maximum absolute atomic E-state index is 12.2. The molecule has 5 unspecified atom stereocenters. The van der Waals surface area contributed by atoms with E-state index in [0.717, 1.165) is 6.42 Å². The summed E-state index contributed by atoms with van der Waals surface area (Å²) in [4.78, 5) is 35.0. The van der Waals surface area contributed by atoms with Gasteiger partial charge in [0, 0.05) is 24.2 Å². The molecule has 5 nitrogen and oxygen atoms in total. The lowest BCUT2D eigenvalue weighted by Crippen LogP contribution is -2.44. The number of ketones is 1. The van der Waals surface area contributed by atoms with Crippen LogP contribution >= 0.6 is 0 Å². The van der Waals surface area contributed by atoms with Crippen LogP contribution in [0.2, 0.25) is 0 Å². The average molecular weight is 281 g/mol. The maximum Gasteiger partial charge on any atom is 0.229 e. The van der Waals surface area contributed by atoms with Gasteiger partial charge in [-0.05, 0) is 31.6 Å². The van der Waals surface area contributed by atoms with E-state index in [4.69, 9.17) is 0 Å². The van der Waals surface area contributed by atoms with Crippen LogP contribution in [0, 0.1) is 23.7 Å². The van der Waals surface area contributed by atoms with Crippen molar-refractivity contribution in [3.05, 3.63) is 0 Å². The quantitative estimate of drug-likeness (QED) is 0.757. The lowest BCUT2D eigenvalue weighted by atomic mass is 9.72. The predicted octanol–water partition coefficient (Wildman–Crippen LogP) is 1.04. The van der Waals surface area contributed by atoms with Crippen LogP contribution in [0.5, 0.6) is 0 Å². The third-order valence-corrected chi connectivity index (χ3v) is 4.61. The van der Waals surface area contributed by atoms with Gasteiger partial charge in [-0.25, -0.2) is 0 Å². The second-order valence-corrected chi connectivity index (χ2v) is 6.44. The van der Waals surface area contributed by atoms with Crippen LogP contribution in [0.3, 0.4) is 0 Å². The lowest BCUT2D eigenvalue weighted by molar-refractivity contribution is -0.140. The van der Waals surface area contributed by atoms with Crippen molar-refractivity contribution in [3.8, 4) is 0 Å². The highest BCUT2D eigenvalue weighted by molar-refractivity contribution is 5.98. The van der Waals surface area contributed by atoms with Crippen LogP contribution in [-0.2, 0) is 14.4 Å². The first kappa shape index (κ1) is 15.2. The second-order valence-electron chi connectivity index (χ2n) is 6.44. The molecule has 1 aliphatic carbocycles. The fourth-order valence-corrected chi connectivity index (χ4v) is 3.50. The molecule has 0 radical (unpaired) electrons. The maximum atomic E-state index is 12.2. The Hall–Kier alpha value is -1.23. The molecule has 1 heterocycles. The summed E-state index contributed by atoms with van der Waals surface area (Å²) in [7, 11) is 0. The number of carbonyl (C=O) groups is 3. The first-order valence-corrected chi connectivity index (χ1v) is 7.44. The van der Waals surface area contributed by atoms with E-state index in [-0.39, 0.29) is 41.8 Å². The summed E-state index contributed by atoms with van der Waals surface area (Å²) in [6.07, 6.45) is 1.84. The second kappa shape index (κ2) is 6.04. The highest BCUT2D eigenvalue weighted by Gasteiger charge is 2.38.